The second-order valence-corrected chi connectivity index (χ2v) is 15.5. The highest BCUT2D eigenvalue weighted by atomic mass is 32.2. The minimum atomic E-state index is -3.51. The van der Waals surface area contributed by atoms with Crippen molar-refractivity contribution in [2.75, 3.05) is 12.8 Å². The summed E-state index contributed by atoms with van der Waals surface area (Å²) in [6.07, 6.45) is 11.9. The Balaban J connectivity index is 3.52. The van der Waals surface area contributed by atoms with E-state index in [9.17, 15) is 8.42 Å². The van der Waals surface area contributed by atoms with Crippen LogP contribution in [0, 0.1) is 12.3 Å². The lowest BCUT2D eigenvalue weighted by Gasteiger charge is -2.42. The highest BCUT2D eigenvalue weighted by Gasteiger charge is 2.47. The van der Waals surface area contributed by atoms with Gasteiger partial charge in [0.2, 0.25) is 10.0 Å². The molecule has 6 heteroatoms. The van der Waals surface area contributed by atoms with Crippen molar-refractivity contribution in [2.24, 2.45) is 0 Å². The first kappa shape index (κ1) is 25.1. The molecule has 0 atom stereocenters. The van der Waals surface area contributed by atoms with Crippen molar-refractivity contribution in [3.05, 3.63) is 53.9 Å². The van der Waals surface area contributed by atoms with Crippen LogP contribution in [0.3, 0.4) is 0 Å². The fourth-order valence-corrected chi connectivity index (χ4v) is 9.73. The summed E-state index contributed by atoms with van der Waals surface area (Å²) in [5.74, 6) is 2.94. The number of sulfonamides is 1. The van der Waals surface area contributed by atoms with Crippen molar-refractivity contribution < 1.29 is 12.8 Å². The summed E-state index contributed by atoms with van der Waals surface area (Å²) in [5.41, 5.74) is 2.08. The third-order valence-corrected chi connectivity index (χ3v) is 12.3. The summed E-state index contributed by atoms with van der Waals surface area (Å²) in [6.45, 7) is 13.1. The standard InChI is InChI=1S/C23H35NO3SSi/c1-9-17-24(28(8,25)26)18-23(16-15-22-13-11-10-12-14-22)27-29(19(2)3,20(4)5)21(6)7/h1,10-16,18-21H,17H2,2-8H3/b16-15+,23-18+. The van der Waals surface area contributed by atoms with Crippen LogP contribution >= 0.6 is 0 Å². The maximum absolute atomic E-state index is 12.2. The van der Waals surface area contributed by atoms with Crippen LogP contribution in [-0.2, 0) is 14.4 Å². The van der Waals surface area contributed by atoms with Crippen LogP contribution in [0.15, 0.2) is 48.4 Å². The van der Waals surface area contributed by atoms with Crippen molar-refractivity contribution in [2.45, 2.75) is 58.2 Å². The lowest BCUT2D eigenvalue weighted by molar-refractivity contribution is 0.377. The summed E-state index contributed by atoms with van der Waals surface area (Å²) < 4.78 is 32.4. The highest BCUT2D eigenvalue weighted by Crippen LogP contribution is 2.43. The molecule has 0 saturated carbocycles. The fourth-order valence-electron chi connectivity index (χ4n) is 3.89. The maximum atomic E-state index is 12.2. The number of benzene rings is 1. The van der Waals surface area contributed by atoms with Crippen LogP contribution in [0.25, 0.3) is 6.08 Å². The first-order valence-corrected chi connectivity index (χ1v) is 14.0. The molecule has 160 valence electrons. The first-order chi connectivity index (χ1) is 13.4. The van der Waals surface area contributed by atoms with Crippen molar-refractivity contribution in [3.63, 3.8) is 0 Å². The van der Waals surface area contributed by atoms with E-state index >= 15 is 0 Å². The lowest BCUT2D eigenvalue weighted by atomic mass is 10.2. The van der Waals surface area contributed by atoms with Gasteiger partial charge in [0.15, 0.2) is 0 Å². The minimum absolute atomic E-state index is 0.0372. The van der Waals surface area contributed by atoms with Crippen LogP contribution in [0.5, 0.6) is 0 Å². The van der Waals surface area contributed by atoms with E-state index in [1.807, 2.05) is 42.5 Å². The topological polar surface area (TPSA) is 46.6 Å². The molecule has 1 aromatic carbocycles. The second-order valence-electron chi connectivity index (χ2n) is 8.21. The summed E-state index contributed by atoms with van der Waals surface area (Å²) in [4.78, 5) is 0. The minimum Gasteiger partial charge on any atom is -0.542 e. The van der Waals surface area contributed by atoms with Crippen molar-refractivity contribution in [1.82, 2.24) is 4.31 Å². The monoisotopic (exact) mass is 433 g/mol. The van der Waals surface area contributed by atoms with Gasteiger partial charge < -0.3 is 4.43 Å². The molecular formula is C23H35NO3SSi. The van der Waals surface area contributed by atoms with Gasteiger partial charge in [-0.1, -0.05) is 83.9 Å². The molecule has 0 N–H and O–H groups in total. The van der Waals surface area contributed by atoms with E-state index in [0.29, 0.717) is 22.4 Å². The van der Waals surface area contributed by atoms with Crippen LogP contribution in [-0.4, -0.2) is 33.8 Å². The largest absolute Gasteiger partial charge is 0.542 e. The summed E-state index contributed by atoms with van der Waals surface area (Å²) in [6, 6.07) is 9.85. The van der Waals surface area contributed by atoms with Gasteiger partial charge >= 0.3 is 0 Å². The predicted molar refractivity (Wildman–Crippen MR) is 126 cm³/mol. The van der Waals surface area contributed by atoms with Crippen LogP contribution < -0.4 is 0 Å². The molecule has 0 spiro atoms. The molecule has 29 heavy (non-hydrogen) atoms. The zero-order valence-electron chi connectivity index (χ0n) is 18.7. The molecule has 0 amide bonds. The zero-order chi connectivity index (χ0) is 22.2. The van der Waals surface area contributed by atoms with Gasteiger partial charge in [0.25, 0.3) is 8.32 Å². The zero-order valence-corrected chi connectivity index (χ0v) is 20.5. The van der Waals surface area contributed by atoms with Crippen molar-refractivity contribution in [1.29, 1.82) is 0 Å². The molecule has 0 unspecified atom stereocenters. The van der Waals surface area contributed by atoms with Crippen LogP contribution in [0.2, 0.25) is 16.6 Å². The van der Waals surface area contributed by atoms with Crippen molar-refractivity contribution in [3.8, 4) is 12.3 Å². The van der Waals surface area contributed by atoms with Gasteiger partial charge in [-0.2, -0.15) is 0 Å². The average molecular weight is 434 g/mol. The molecule has 0 aliphatic rings. The number of nitrogens with zero attached hydrogens (tertiary/aromatic N) is 1. The number of rotatable bonds is 10. The van der Waals surface area contributed by atoms with Gasteiger partial charge in [0.05, 0.1) is 19.0 Å². The van der Waals surface area contributed by atoms with Gasteiger partial charge in [-0.15, -0.1) is 6.42 Å². The second kappa shape index (κ2) is 10.7. The number of allylic oxidation sites excluding steroid dienone is 1. The molecule has 1 rings (SSSR count). The van der Waals surface area contributed by atoms with Gasteiger partial charge in [-0.25, -0.2) is 8.42 Å². The predicted octanol–water partition coefficient (Wildman–Crippen LogP) is 5.63. The molecule has 0 aliphatic carbocycles. The Bertz CT molecular complexity index is 828. The third kappa shape index (κ3) is 6.79. The number of hydrogen-bond donors (Lipinski definition) is 0. The molecular weight excluding hydrogens is 398 g/mol. The lowest BCUT2D eigenvalue weighted by Crippen LogP contribution is -2.47. The Morgan fingerprint density at radius 1 is 1.10 bits per heavy atom. The molecule has 0 aromatic heterocycles. The van der Waals surface area contributed by atoms with E-state index < -0.39 is 18.3 Å². The first-order valence-electron chi connectivity index (χ1n) is 9.99. The molecule has 0 radical (unpaired) electrons. The molecule has 0 heterocycles. The van der Waals surface area contributed by atoms with E-state index in [-0.39, 0.29) is 6.54 Å². The van der Waals surface area contributed by atoms with Crippen molar-refractivity contribution >= 4 is 24.4 Å². The van der Waals surface area contributed by atoms with Gasteiger partial charge in [-0.05, 0) is 28.3 Å². The Morgan fingerprint density at radius 3 is 2.03 bits per heavy atom. The van der Waals surface area contributed by atoms with E-state index in [1.165, 1.54) is 6.20 Å². The summed E-state index contributed by atoms with van der Waals surface area (Å²) in [5, 5.41) is 0. The molecule has 1 aromatic rings. The van der Waals surface area contributed by atoms with Gasteiger partial charge in [-0.3, -0.25) is 4.31 Å². The van der Waals surface area contributed by atoms with Crippen LogP contribution in [0.1, 0.15) is 47.1 Å². The normalized spacial score (nSPS) is 13.3. The summed E-state index contributed by atoms with van der Waals surface area (Å²) >= 11 is 0. The highest BCUT2D eigenvalue weighted by molar-refractivity contribution is 7.88. The van der Waals surface area contributed by atoms with E-state index in [0.717, 1.165) is 16.1 Å². The molecule has 0 bridgehead atoms. The van der Waals surface area contributed by atoms with E-state index in [1.54, 1.807) is 0 Å². The quantitative estimate of drug-likeness (QED) is 0.208. The Hall–Kier alpha value is -1.97. The van der Waals surface area contributed by atoms with Gasteiger partial charge in [0.1, 0.15) is 5.76 Å². The third-order valence-electron chi connectivity index (χ3n) is 5.19. The molecule has 0 fully saturated rings. The van der Waals surface area contributed by atoms with Gasteiger partial charge in [0, 0.05) is 0 Å². The number of terminal acetylenes is 1. The van der Waals surface area contributed by atoms with Crippen LogP contribution in [0.4, 0.5) is 0 Å². The van der Waals surface area contributed by atoms with E-state index in [4.69, 9.17) is 10.8 Å². The smallest absolute Gasteiger partial charge is 0.258 e. The average Bonchev–Trinajstić information content (AvgIpc) is 2.62. The summed E-state index contributed by atoms with van der Waals surface area (Å²) in [7, 11) is -5.78. The Morgan fingerprint density at radius 2 is 1.62 bits per heavy atom. The number of hydrogen-bond acceptors (Lipinski definition) is 3. The Labute approximate surface area is 178 Å². The molecule has 0 aliphatic heterocycles. The van der Waals surface area contributed by atoms with E-state index in [2.05, 4.69) is 47.5 Å². The molecule has 4 nitrogen and oxygen atoms in total. The Kier molecular flexibility index (Phi) is 9.25. The SMILES string of the molecule is C#CCN(/C=C(\C=C\c1ccccc1)O[Si](C(C)C)(C(C)C)C(C)C)S(C)(=O)=O. The molecule has 0 saturated heterocycles. The fraction of sp³-hybridized carbons (Fsp3) is 0.478. The maximum Gasteiger partial charge on any atom is 0.258 e.